The number of H-pyrrole nitrogens is 1. The van der Waals surface area contributed by atoms with Crippen molar-refractivity contribution >= 4 is 17.8 Å². The van der Waals surface area contributed by atoms with Crippen molar-refractivity contribution in [2.45, 2.75) is 20.5 Å². The number of carbonyl (C=O) groups excluding carboxylic acids is 1. The molecule has 0 spiro atoms. The predicted molar refractivity (Wildman–Crippen MR) is 140 cm³/mol. The number of anilines is 1. The molecule has 0 radical (unpaired) electrons. The smallest absolute Gasteiger partial charge is 0.289 e. The van der Waals surface area contributed by atoms with Gasteiger partial charge in [-0.3, -0.25) is 9.89 Å². The number of carbonyl (C=O) groups is 1. The Morgan fingerprint density at radius 1 is 1.00 bits per heavy atom. The van der Waals surface area contributed by atoms with Crippen LogP contribution < -0.4 is 15.1 Å². The Balaban J connectivity index is 1.34. The lowest BCUT2D eigenvalue weighted by molar-refractivity contribution is 0.0950. The van der Waals surface area contributed by atoms with Gasteiger partial charge in [-0.05, 0) is 55.3 Å². The quantitative estimate of drug-likeness (QED) is 0.246. The largest absolute Gasteiger partial charge is 0.489 e. The van der Waals surface area contributed by atoms with Crippen LogP contribution in [0.2, 0.25) is 0 Å². The van der Waals surface area contributed by atoms with E-state index in [2.05, 4.69) is 51.6 Å². The van der Waals surface area contributed by atoms with Crippen LogP contribution in [0.5, 0.6) is 5.75 Å². The second-order valence-electron chi connectivity index (χ2n) is 7.93. The highest BCUT2D eigenvalue weighted by Gasteiger charge is 2.11. The van der Waals surface area contributed by atoms with Crippen molar-refractivity contribution in [3.63, 3.8) is 0 Å². The van der Waals surface area contributed by atoms with Crippen molar-refractivity contribution in [3.8, 4) is 17.0 Å². The average Bonchev–Trinajstić information content (AvgIpc) is 3.41. The zero-order valence-electron chi connectivity index (χ0n) is 19.9. The van der Waals surface area contributed by atoms with E-state index in [1.54, 1.807) is 12.3 Å². The molecule has 0 saturated carbocycles. The van der Waals surface area contributed by atoms with E-state index < -0.39 is 0 Å². The summed E-state index contributed by atoms with van der Waals surface area (Å²) < 4.78 is 5.90. The summed E-state index contributed by atoms with van der Waals surface area (Å²) in [5.74, 6) is 0.369. The van der Waals surface area contributed by atoms with Crippen LogP contribution in [0.25, 0.3) is 11.3 Å². The van der Waals surface area contributed by atoms with E-state index in [-0.39, 0.29) is 5.91 Å². The number of aromatic amines is 1. The molecule has 0 aliphatic rings. The van der Waals surface area contributed by atoms with Crippen LogP contribution in [0.15, 0.2) is 90.0 Å². The van der Waals surface area contributed by atoms with Crippen molar-refractivity contribution in [2.24, 2.45) is 5.10 Å². The third-order valence-corrected chi connectivity index (χ3v) is 5.60. The molecule has 0 fully saturated rings. The Morgan fingerprint density at radius 2 is 1.77 bits per heavy atom. The number of benzene rings is 3. The Labute approximate surface area is 205 Å². The van der Waals surface area contributed by atoms with Crippen molar-refractivity contribution in [3.05, 3.63) is 102 Å². The number of rotatable bonds is 10. The van der Waals surface area contributed by atoms with E-state index in [1.165, 1.54) is 0 Å². The third kappa shape index (κ3) is 6.35. The summed E-state index contributed by atoms with van der Waals surface area (Å²) in [5, 5.41) is 11.1. The molecule has 3 aromatic carbocycles. The number of hydrogen-bond donors (Lipinski definition) is 2. The first-order valence-corrected chi connectivity index (χ1v) is 11.7. The molecule has 0 aliphatic carbocycles. The number of amides is 1. The first-order valence-electron chi connectivity index (χ1n) is 11.7. The molecule has 7 heteroatoms. The molecule has 0 saturated heterocycles. The topological polar surface area (TPSA) is 82.6 Å². The summed E-state index contributed by atoms with van der Waals surface area (Å²) in [6.07, 6.45) is 1.62. The number of aromatic nitrogens is 2. The summed E-state index contributed by atoms with van der Waals surface area (Å²) >= 11 is 0. The van der Waals surface area contributed by atoms with Gasteiger partial charge in [0.05, 0.1) is 11.9 Å². The Bertz CT molecular complexity index is 1260. The second-order valence-corrected chi connectivity index (χ2v) is 7.93. The van der Waals surface area contributed by atoms with Gasteiger partial charge in [-0.2, -0.15) is 10.2 Å². The maximum atomic E-state index is 12.5. The van der Waals surface area contributed by atoms with Gasteiger partial charge >= 0.3 is 0 Å². The molecule has 1 amide bonds. The minimum Gasteiger partial charge on any atom is -0.489 e. The van der Waals surface area contributed by atoms with E-state index in [4.69, 9.17) is 4.74 Å². The number of hydrazone groups is 1. The molecular weight excluding hydrogens is 438 g/mol. The lowest BCUT2D eigenvalue weighted by Gasteiger charge is -2.20. The van der Waals surface area contributed by atoms with Crippen LogP contribution in [0, 0.1) is 0 Å². The molecule has 4 aromatic rings. The minimum atomic E-state index is -0.365. The van der Waals surface area contributed by atoms with Crippen molar-refractivity contribution in [1.29, 1.82) is 0 Å². The van der Waals surface area contributed by atoms with Gasteiger partial charge in [-0.1, -0.05) is 54.6 Å². The maximum Gasteiger partial charge on any atom is 0.289 e. The number of hydrogen-bond acceptors (Lipinski definition) is 5. The molecule has 35 heavy (non-hydrogen) atoms. The third-order valence-electron chi connectivity index (χ3n) is 5.60. The van der Waals surface area contributed by atoms with Gasteiger partial charge in [0, 0.05) is 24.3 Å². The van der Waals surface area contributed by atoms with Gasteiger partial charge in [-0.15, -0.1) is 0 Å². The highest BCUT2D eigenvalue weighted by atomic mass is 16.5. The summed E-state index contributed by atoms with van der Waals surface area (Å²) in [7, 11) is 0. The zero-order chi connectivity index (χ0) is 24.5. The Kier molecular flexibility index (Phi) is 7.91. The number of nitrogens with zero attached hydrogens (tertiary/aromatic N) is 3. The van der Waals surface area contributed by atoms with E-state index in [0.29, 0.717) is 18.0 Å². The second kappa shape index (κ2) is 11.7. The number of nitrogens with one attached hydrogen (secondary N) is 2. The van der Waals surface area contributed by atoms with Crippen molar-refractivity contribution in [2.75, 3.05) is 18.0 Å². The fraction of sp³-hybridized carbons (Fsp3) is 0.179. The molecule has 178 valence electrons. The summed E-state index contributed by atoms with van der Waals surface area (Å²) in [6.45, 7) is 6.65. The molecule has 7 nitrogen and oxygen atoms in total. The lowest BCUT2D eigenvalue weighted by atomic mass is 10.1. The standard InChI is InChI=1S/C28H29N5O2/c1-3-33(4-2)24-15-13-21(14-16-24)19-29-32-28(34)27-18-26(30-31-27)23-11-8-12-25(17-23)35-20-22-9-6-5-7-10-22/h5-19H,3-4,20H2,1-2H3,(H,30,31)(H,32,34)/b29-19-. The molecular formula is C28H29N5O2. The summed E-state index contributed by atoms with van der Waals surface area (Å²) in [5.41, 5.74) is 7.53. The fourth-order valence-corrected chi connectivity index (χ4v) is 3.66. The molecule has 1 aromatic heterocycles. The van der Waals surface area contributed by atoms with E-state index in [1.807, 2.05) is 66.7 Å². The first kappa shape index (κ1) is 23.8. The maximum absolute atomic E-state index is 12.5. The van der Waals surface area contributed by atoms with Crippen LogP contribution in [0.3, 0.4) is 0 Å². The fourth-order valence-electron chi connectivity index (χ4n) is 3.66. The highest BCUT2D eigenvalue weighted by molar-refractivity contribution is 5.94. The average molecular weight is 468 g/mol. The van der Waals surface area contributed by atoms with Crippen molar-refractivity contribution < 1.29 is 9.53 Å². The van der Waals surface area contributed by atoms with Gasteiger partial charge in [0.25, 0.3) is 5.91 Å². The van der Waals surface area contributed by atoms with Crippen molar-refractivity contribution in [1.82, 2.24) is 15.6 Å². The predicted octanol–water partition coefficient (Wildman–Crippen LogP) is 5.27. The van der Waals surface area contributed by atoms with Crippen LogP contribution >= 0.6 is 0 Å². The summed E-state index contributed by atoms with van der Waals surface area (Å²) in [4.78, 5) is 14.8. The van der Waals surface area contributed by atoms with E-state index in [9.17, 15) is 4.79 Å². The lowest BCUT2D eigenvalue weighted by Crippen LogP contribution is -2.21. The molecule has 1 heterocycles. The molecule has 2 N–H and O–H groups in total. The van der Waals surface area contributed by atoms with E-state index >= 15 is 0 Å². The molecule has 0 bridgehead atoms. The first-order chi connectivity index (χ1) is 17.2. The van der Waals surface area contributed by atoms with E-state index in [0.717, 1.165) is 41.2 Å². The van der Waals surface area contributed by atoms with Gasteiger partial charge in [0.1, 0.15) is 18.1 Å². The van der Waals surface area contributed by atoms with Crippen LogP contribution in [-0.2, 0) is 6.61 Å². The van der Waals surface area contributed by atoms with Gasteiger partial charge < -0.3 is 9.64 Å². The van der Waals surface area contributed by atoms with Crippen LogP contribution in [0.1, 0.15) is 35.5 Å². The Morgan fingerprint density at radius 3 is 2.51 bits per heavy atom. The molecule has 0 atom stereocenters. The van der Waals surface area contributed by atoms with Gasteiger partial charge in [0.2, 0.25) is 0 Å². The molecule has 0 aliphatic heterocycles. The monoisotopic (exact) mass is 467 g/mol. The minimum absolute atomic E-state index is 0.324. The normalized spacial score (nSPS) is 10.9. The SMILES string of the molecule is CCN(CC)c1ccc(/C=N\NC(=O)c2cc(-c3cccc(OCc4ccccc4)c3)n[nH]2)cc1. The zero-order valence-corrected chi connectivity index (χ0v) is 19.9. The molecule has 0 unspecified atom stereocenters. The molecule has 4 rings (SSSR count). The van der Waals surface area contributed by atoms with Gasteiger partial charge in [-0.25, -0.2) is 5.43 Å². The Hall–Kier alpha value is -4.39. The van der Waals surface area contributed by atoms with Gasteiger partial charge in [0.15, 0.2) is 0 Å². The van der Waals surface area contributed by atoms with Crippen LogP contribution in [0.4, 0.5) is 5.69 Å². The van der Waals surface area contributed by atoms with Crippen LogP contribution in [-0.4, -0.2) is 35.4 Å². The summed E-state index contributed by atoms with van der Waals surface area (Å²) in [6, 6.07) is 27.4. The highest BCUT2D eigenvalue weighted by Crippen LogP contribution is 2.23. The number of ether oxygens (including phenoxy) is 1.